The van der Waals surface area contributed by atoms with E-state index in [4.69, 9.17) is 16.6 Å². The molecule has 5 heteroatoms. The molecule has 1 aromatic heterocycles. The van der Waals surface area contributed by atoms with Gasteiger partial charge in [-0.3, -0.25) is 0 Å². The molecule has 0 aliphatic carbocycles. The molecule has 1 aliphatic heterocycles. The lowest BCUT2D eigenvalue weighted by Crippen LogP contribution is -2.38. The van der Waals surface area contributed by atoms with Gasteiger partial charge in [0, 0.05) is 17.1 Å². The smallest absolute Gasteiger partial charge is 0.127 e. The molecule has 3 atom stereocenters. The number of alkyl halides is 1. The van der Waals surface area contributed by atoms with Gasteiger partial charge < -0.3 is 9.47 Å². The molecule has 3 nitrogen and oxygen atoms in total. The summed E-state index contributed by atoms with van der Waals surface area (Å²) in [7, 11) is 2.19. The predicted octanol–water partition coefficient (Wildman–Crippen LogP) is 4.61. The number of hydrogen-bond acceptors (Lipinski definition) is 2. The van der Waals surface area contributed by atoms with Crippen LogP contribution in [0.2, 0.25) is 0 Å². The Labute approximate surface area is 139 Å². The highest BCUT2D eigenvalue weighted by Crippen LogP contribution is 2.36. The van der Waals surface area contributed by atoms with Gasteiger partial charge in [-0.1, -0.05) is 22.9 Å². The number of fused-ring (bicyclic) bond motifs is 1. The molecular weight excluding hydrogens is 350 g/mol. The number of hydrogen-bond donors (Lipinski definition) is 0. The molecule has 1 saturated heterocycles. The first-order valence-electron chi connectivity index (χ1n) is 7.47. The van der Waals surface area contributed by atoms with Gasteiger partial charge in [-0.15, -0.1) is 11.6 Å². The summed E-state index contributed by atoms with van der Waals surface area (Å²) in [5.74, 6) is 1.58. The molecule has 0 saturated carbocycles. The fourth-order valence-electron chi connectivity index (χ4n) is 3.44. The van der Waals surface area contributed by atoms with E-state index in [-0.39, 0.29) is 5.38 Å². The Bertz CT molecular complexity index is 652. The second-order valence-electron chi connectivity index (χ2n) is 6.18. The topological polar surface area (TPSA) is 21.1 Å². The molecule has 1 aliphatic rings. The molecule has 2 heterocycles. The second-order valence-corrected chi connectivity index (χ2v) is 7.75. The van der Waals surface area contributed by atoms with Crippen molar-refractivity contribution in [3.8, 4) is 0 Å². The van der Waals surface area contributed by atoms with Crippen molar-refractivity contribution in [3.05, 3.63) is 28.5 Å². The average Bonchev–Trinajstić information content (AvgIpc) is 2.77. The van der Waals surface area contributed by atoms with E-state index in [9.17, 15) is 0 Å². The molecule has 114 valence electrons. The van der Waals surface area contributed by atoms with Gasteiger partial charge in [0.05, 0.1) is 16.4 Å². The van der Waals surface area contributed by atoms with E-state index in [1.54, 1.807) is 0 Å². The van der Waals surface area contributed by atoms with E-state index < -0.39 is 0 Å². The van der Waals surface area contributed by atoms with Crippen molar-refractivity contribution in [3.63, 3.8) is 0 Å². The zero-order valence-corrected chi connectivity index (χ0v) is 15.0. The Morgan fingerprint density at radius 1 is 1.43 bits per heavy atom. The van der Waals surface area contributed by atoms with Crippen LogP contribution in [0.1, 0.15) is 37.5 Å². The van der Waals surface area contributed by atoms with E-state index in [0.29, 0.717) is 12.0 Å². The maximum Gasteiger partial charge on any atom is 0.127 e. The summed E-state index contributed by atoms with van der Waals surface area (Å²) in [6.07, 6.45) is 1.15. The molecule has 0 N–H and O–H groups in total. The summed E-state index contributed by atoms with van der Waals surface area (Å²) in [5, 5.41) is -0.0805. The summed E-state index contributed by atoms with van der Waals surface area (Å²) in [6.45, 7) is 6.58. The van der Waals surface area contributed by atoms with Gasteiger partial charge in [0.2, 0.25) is 0 Å². The molecule has 0 amide bonds. The van der Waals surface area contributed by atoms with Crippen molar-refractivity contribution in [2.24, 2.45) is 5.92 Å². The van der Waals surface area contributed by atoms with E-state index >= 15 is 0 Å². The van der Waals surface area contributed by atoms with Gasteiger partial charge in [-0.05, 0) is 51.1 Å². The summed E-state index contributed by atoms with van der Waals surface area (Å²) < 4.78 is 3.47. The Kier molecular flexibility index (Phi) is 4.30. The lowest BCUT2D eigenvalue weighted by atomic mass is 9.93. The van der Waals surface area contributed by atoms with Crippen LogP contribution < -0.4 is 0 Å². The summed E-state index contributed by atoms with van der Waals surface area (Å²) in [5.41, 5.74) is 2.22. The van der Waals surface area contributed by atoms with E-state index in [2.05, 4.69) is 51.5 Å². The normalized spacial score (nSPS) is 25.4. The standard InChI is InChI=1S/C16H21BrClN3/c1-10-9-20(3)7-6-14(10)21-15-8-12(17)4-5-13(15)19-16(21)11(2)18/h4-5,8,10-11,14H,6-7,9H2,1-3H3. The first-order chi connectivity index (χ1) is 9.97. The molecule has 0 radical (unpaired) electrons. The summed E-state index contributed by atoms with van der Waals surface area (Å²) in [4.78, 5) is 7.18. The highest BCUT2D eigenvalue weighted by atomic mass is 79.9. The molecule has 0 spiro atoms. The lowest BCUT2D eigenvalue weighted by molar-refractivity contribution is 0.159. The van der Waals surface area contributed by atoms with Crippen LogP contribution >= 0.6 is 27.5 Å². The quantitative estimate of drug-likeness (QED) is 0.720. The number of imidazole rings is 1. The highest BCUT2D eigenvalue weighted by molar-refractivity contribution is 9.10. The number of nitrogens with zero attached hydrogens (tertiary/aromatic N) is 3. The zero-order valence-electron chi connectivity index (χ0n) is 12.7. The number of aromatic nitrogens is 2. The maximum absolute atomic E-state index is 6.41. The second kappa shape index (κ2) is 5.90. The summed E-state index contributed by atoms with van der Waals surface area (Å²) in [6, 6.07) is 6.74. The van der Waals surface area contributed by atoms with Crippen molar-refractivity contribution in [2.75, 3.05) is 20.1 Å². The van der Waals surface area contributed by atoms with Crippen LogP contribution in [0.15, 0.2) is 22.7 Å². The third-order valence-corrected chi connectivity index (χ3v) is 5.12. The van der Waals surface area contributed by atoms with Gasteiger partial charge in [-0.2, -0.15) is 0 Å². The van der Waals surface area contributed by atoms with E-state index in [1.165, 1.54) is 5.52 Å². The monoisotopic (exact) mass is 369 g/mol. The minimum absolute atomic E-state index is 0.0805. The Hall–Kier alpha value is -0.580. The van der Waals surface area contributed by atoms with Gasteiger partial charge in [0.25, 0.3) is 0 Å². The van der Waals surface area contributed by atoms with Crippen LogP contribution in [0.5, 0.6) is 0 Å². The fourth-order valence-corrected chi connectivity index (χ4v) is 3.94. The molecule has 0 bridgehead atoms. The van der Waals surface area contributed by atoms with Gasteiger partial charge in [-0.25, -0.2) is 4.98 Å². The van der Waals surface area contributed by atoms with E-state index in [1.807, 2.05) is 13.0 Å². The number of rotatable bonds is 2. The van der Waals surface area contributed by atoms with Gasteiger partial charge in [0.15, 0.2) is 0 Å². The number of piperidine rings is 1. The summed E-state index contributed by atoms with van der Waals surface area (Å²) >= 11 is 9.99. The largest absolute Gasteiger partial charge is 0.323 e. The lowest BCUT2D eigenvalue weighted by Gasteiger charge is -2.36. The van der Waals surface area contributed by atoms with Crippen LogP contribution in [0.4, 0.5) is 0 Å². The maximum atomic E-state index is 6.41. The average molecular weight is 371 g/mol. The van der Waals surface area contributed by atoms with Crippen molar-refractivity contribution in [1.82, 2.24) is 14.5 Å². The number of halogens is 2. The zero-order chi connectivity index (χ0) is 15.1. The molecule has 3 unspecified atom stereocenters. The number of benzene rings is 1. The molecule has 2 aromatic rings. The highest BCUT2D eigenvalue weighted by Gasteiger charge is 2.29. The number of likely N-dealkylation sites (tertiary alicyclic amines) is 1. The molecule has 1 aromatic carbocycles. The third-order valence-electron chi connectivity index (χ3n) is 4.43. The third kappa shape index (κ3) is 2.86. The first-order valence-corrected chi connectivity index (χ1v) is 8.70. The Morgan fingerprint density at radius 2 is 2.19 bits per heavy atom. The van der Waals surface area contributed by atoms with Gasteiger partial charge >= 0.3 is 0 Å². The SMILES string of the molecule is CC(Cl)c1nc2ccc(Br)cc2n1C1CCN(C)CC1C. The Morgan fingerprint density at radius 3 is 2.86 bits per heavy atom. The van der Waals surface area contributed by atoms with Crippen LogP contribution in [0.25, 0.3) is 11.0 Å². The molecule has 3 rings (SSSR count). The van der Waals surface area contributed by atoms with Crippen molar-refractivity contribution in [1.29, 1.82) is 0 Å². The Balaban J connectivity index is 2.14. The van der Waals surface area contributed by atoms with Crippen molar-refractivity contribution in [2.45, 2.75) is 31.7 Å². The van der Waals surface area contributed by atoms with E-state index in [0.717, 1.165) is 35.3 Å². The molecule has 21 heavy (non-hydrogen) atoms. The predicted molar refractivity (Wildman–Crippen MR) is 92.0 cm³/mol. The molecule has 1 fully saturated rings. The van der Waals surface area contributed by atoms with Crippen LogP contribution in [-0.2, 0) is 0 Å². The molecular formula is C16H21BrClN3. The van der Waals surface area contributed by atoms with Crippen LogP contribution in [0, 0.1) is 5.92 Å². The van der Waals surface area contributed by atoms with Crippen molar-refractivity contribution >= 4 is 38.6 Å². The first kappa shape index (κ1) is 15.3. The van der Waals surface area contributed by atoms with Crippen LogP contribution in [-0.4, -0.2) is 34.6 Å². The van der Waals surface area contributed by atoms with Crippen LogP contribution in [0.3, 0.4) is 0 Å². The fraction of sp³-hybridized carbons (Fsp3) is 0.562. The van der Waals surface area contributed by atoms with Gasteiger partial charge in [0.1, 0.15) is 5.82 Å². The minimum Gasteiger partial charge on any atom is -0.323 e. The minimum atomic E-state index is -0.0805. The van der Waals surface area contributed by atoms with Crippen molar-refractivity contribution < 1.29 is 0 Å².